The van der Waals surface area contributed by atoms with Crippen LogP contribution in [0, 0.1) is 22.7 Å². The van der Waals surface area contributed by atoms with Crippen molar-refractivity contribution in [2.45, 2.75) is 0 Å². The third-order valence-corrected chi connectivity index (χ3v) is 9.37. The van der Waals surface area contributed by atoms with Crippen LogP contribution in [0.3, 0.4) is 0 Å². The van der Waals surface area contributed by atoms with E-state index in [2.05, 4.69) is 72.8 Å². The maximum atomic E-state index is 9.47. The summed E-state index contributed by atoms with van der Waals surface area (Å²) in [7, 11) is 0. The summed E-state index contributed by atoms with van der Waals surface area (Å²) in [6, 6.07) is 58.4. The minimum atomic E-state index is 0.438. The molecule has 0 saturated carbocycles. The molecule has 0 aliphatic heterocycles. The van der Waals surface area contributed by atoms with Gasteiger partial charge in [-0.2, -0.15) is 10.5 Å². The van der Waals surface area contributed by atoms with Crippen molar-refractivity contribution in [2.75, 3.05) is 0 Å². The van der Waals surface area contributed by atoms with Crippen LogP contribution in [0.5, 0.6) is 0 Å². The van der Waals surface area contributed by atoms with Gasteiger partial charge in [-0.15, -0.1) is 0 Å². The van der Waals surface area contributed by atoms with E-state index in [-0.39, 0.29) is 0 Å². The summed E-state index contributed by atoms with van der Waals surface area (Å²) in [5.74, 6) is 1.60. The first-order valence-electron chi connectivity index (χ1n) is 17.1. The molecule has 0 N–H and O–H groups in total. The van der Waals surface area contributed by atoms with Crippen molar-refractivity contribution in [3.63, 3.8) is 0 Å². The molecular weight excluding hydrogens is 651 g/mol. The summed E-state index contributed by atoms with van der Waals surface area (Å²) in [5, 5.41) is 21.0. The third-order valence-electron chi connectivity index (χ3n) is 9.37. The zero-order chi connectivity index (χ0) is 35.7. The van der Waals surface area contributed by atoms with Crippen LogP contribution in [0.4, 0.5) is 0 Å². The Kier molecular flexibility index (Phi) is 7.82. The van der Waals surface area contributed by atoms with Gasteiger partial charge in [0.05, 0.1) is 23.3 Å². The second-order valence-electron chi connectivity index (χ2n) is 12.7. The van der Waals surface area contributed by atoms with E-state index in [1.807, 2.05) is 84.9 Å². The molecule has 2 heterocycles. The van der Waals surface area contributed by atoms with E-state index >= 15 is 0 Å². The number of nitrogens with zero attached hydrogens (tertiary/aromatic N) is 5. The molecule has 0 bridgehead atoms. The van der Waals surface area contributed by atoms with Crippen LogP contribution < -0.4 is 0 Å². The van der Waals surface area contributed by atoms with Crippen LogP contribution in [0.2, 0.25) is 0 Å². The van der Waals surface area contributed by atoms with Gasteiger partial charge in [-0.05, 0) is 75.8 Å². The Morgan fingerprint density at radius 2 is 0.906 bits per heavy atom. The molecule has 0 radical (unpaired) electrons. The summed E-state index contributed by atoms with van der Waals surface area (Å²) in [6.45, 7) is 0. The Morgan fingerprint density at radius 1 is 0.377 bits per heavy atom. The molecule has 2 aromatic heterocycles. The minimum absolute atomic E-state index is 0.438. The fourth-order valence-corrected chi connectivity index (χ4v) is 6.79. The van der Waals surface area contributed by atoms with Crippen molar-refractivity contribution in [1.29, 1.82) is 10.5 Å². The lowest BCUT2D eigenvalue weighted by molar-refractivity contribution is 0.669. The highest BCUT2D eigenvalue weighted by molar-refractivity contribution is 6.13. The van der Waals surface area contributed by atoms with Gasteiger partial charge in [0.25, 0.3) is 0 Å². The Balaban J connectivity index is 1.13. The van der Waals surface area contributed by atoms with Gasteiger partial charge in [-0.3, -0.25) is 0 Å². The van der Waals surface area contributed by atoms with Gasteiger partial charge in [0.2, 0.25) is 0 Å². The van der Waals surface area contributed by atoms with Crippen molar-refractivity contribution in [3.05, 3.63) is 175 Å². The van der Waals surface area contributed by atoms with Crippen molar-refractivity contribution in [2.24, 2.45) is 0 Å². The molecule has 0 aliphatic carbocycles. The fourth-order valence-electron chi connectivity index (χ4n) is 6.79. The highest BCUT2D eigenvalue weighted by Gasteiger charge is 2.17. The molecule has 53 heavy (non-hydrogen) atoms. The molecule has 9 aromatic rings. The molecule has 9 rings (SSSR count). The molecule has 0 fully saturated rings. The van der Waals surface area contributed by atoms with Crippen LogP contribution in [0.25, 0.3) is 89.5 Å². The van der Waals surface area contributed by atoms with E-state index < -0.39 is 0 Å². The Bertz CT molecular complexity index is 2870. The molecule has 6 nitrogen and oxygen atoms in total. The lowest BCUT2D eigenvalue weighted by Crippen LogP contribution is -2.00. The number of rotatable bonds is 6. The number of nitriles is 2. The second-order valence-corrected chi connectivity index (χ2v) is 12.7. The number of furan rings is 1. The summed E-state index contributed by atoms with van der Waals surface area (Å²) in [6.07, 6.45) is 0. The summed E-state index contributed by atoms with van der Waals surface area (Å²) < 4.78 is 6.50. The molecular formula is C47H27N5O. The van der Waals surface area contributed by atoms with Gasteiger partial charge in [-0.25, -0.2) is 15.0 Å². The van der Waals surface area contributed by atoms with Crippen LogP contribution in [-0.4, -0.2) is 15.0 Å². The van der Waals surface area contributed by atoms with Crippen molar-refractivity contribution in [3.8, 4) is 79.7 Å². The van der Waals surface area contributed by atoms with Gasteiger partial charge >= 0.3 is 0 Å². The number of hydrogen-bond donors (Lipinski definition) is 0. The maximum Gasteiger partial charge on any atom is 0.164 e. The number of aromatic nitrogens is 3. The Hall–Kier alpha value is -7.67. The third kappa shape index (κ3) is 5.97. The van der Waals surface area contributed by atoms with Gasteiger partial charge < -0.3 is 4.42 Å². The standard InChI is InChI=1S/C47H27N5O/c48-28-30-23-31(29-49)25-39(24-30)33-17-19-35(20-18-33)46-50-45(34-11-5-2-6-12-34)51-47(52-46)38-21-22-41-43(27-38)53-42-16-8-15-40(44(41)42)37-14-7-13-36(26-37)32-9-3-1-4-10-32/h1-27H. The monoisotopic (exact) mass is 677 g/mol. The quantitative estimate of drug-likeness (QED) is 0.174. The van der Waals surface area contributed by atoms with E-state index in [1.165, 1.54) is 5.56 Å². The first-order valence-corrected chi connectivity index (χ1v) is 17.1. The lowest BCUT2D eigenvalue weighted by atomic mass is 9.96. The summed E-state index contributed by atoms with van der Waals surface area (Å²) in [4.78, 5) is 14.8. The topological polar surface area (TPSA) is 99.4 Å². The number of fused-ring (bicyclic) bond motifs is 3. The van der Waals surface area contributed by atoms with E-state index in [9.17, 15) is 10.5 Å². The van der Waals surface area contributed by atoms with Gasteiger partial charge in [0, 0.05) is 27.5 Å². The normalized spacial score (nSPS) is 11.0. The maximum absolute atomic E-state index is 9.47. The molecule has 0 amide bonds. The van der Waals surface area contributed by atoms with E-state index in [1.54, 1.807) is 18.2 Å². The molecule has 0 atom stereocenters. The van der Waals surface area contributed by atoms with Crippen LogP contribution >= 0.6 is 0 Å². The zero-order valence-corrected chi connectivity index (χ0v) is 28.2. The average Bonchev–Trinajstić information content (AvgIpc) is 3.62. The van der Waals surface area contributed by atoms with E-state index in [0.717, 1.165) is 66.4 Å². The Morgan fingerprint density at radius 3 is 1.58 bits per heavy atom. The number of benzene rings is 7. The fraction of sp³-hybridized carbons (Fsp3) is 0. The van der Waals surface area contributed by atoms with Crippen LogP contribution in [0.15, 0.2) is 168 Å². The SMILES string of the molecule is N#Cc1cc(C#N)cc(-c2ccc(-c3nc(-c4ccccc4)nc(-c4ccc5c(c4)oc4cccc(-c6cccc(-c7ccccc7)c6)c45)n3)cc2)c1. The van der Waals surface area contributed by atoms with Crippen LogP contribution in [-0.2, 0) is 0 Å². The average molecular weight is 678 g/mol. The lowest BCUT2D eigenvalue weighted by Gasteiger charge is -2.09. The molecule has 6 heteroatoms. The van der Waals surface area contributed by atoms with Crippen molar-refractivity contribution >= 4 is 21.9 Å². The predicted octanol–water partition coefficient (Wildman–Crippen LogP) is 11.5. The molecule has 7 aromatic carbocycles. The van der Waals surface area contributed by atoms with Crippen molar-refractivity contribution in [1.82, 2.24) is 15.0 Å². The molecule has 0 unspecified atom stereocenters. The zero-order valence-electron chi connectivity index (χ0n) is 28.2. The summed E-state index contributed by atoms with van der Waals surface area (Å²) >= 11 is 0. The first kappa shape index (κ1) is 31.3. The smallest absolute Gasteiger partial charge is 0.164 e. The highest BCUT2D eigenvalue weighted by atomic mass is 16.3. The molecule has 0 saturated heterocycles. The molecule has 0 spiro atoms. The van der Waals surface area contributed by atoms with E-state index in [4.69, 9.17) is 19.4 Å². The minimum Gasteiger partial charge on any atom is -0.456 e. The van der Waals surface area contributed by atoms with Crippen molar-refractivity contribution < 1.29 is 4.42 Å². The molecule has 0 aliphatic rings. The second kappa shape index (κ2) is 13.2. The van der Waals surface area contributed by atoms with E-state index in [0.29, 0.717) is 28.6 Å². The Labute approximate surface area is 305 Å². The van der Waals surface area contributed by atoms with Crippen LogP contribution in [0.1, 0.15) is 11.1 Å². The largest absolute Gasteiger partial charge is 0.456 e. The predicted molar refractivity (Wildman–Crippen MR) is 209 cm³/mol. The molecule has 246 valence electrons. The van der Waals surface area contributed by atoms with Gasteiger partial charge in [0.15, 0.2) is 17.5 Å². The van der Waals surface area contributed by atoms with Gasteiger partial charge in [-0.1, -0.05) is 121 Å². The number of hydrogen-bond acceptors (Lipinski definition) is 6. The first-order chi connectivity index (χ1) is 26.1. The highest BCUT2D eigenvalue weighted by Crippen LogP contribution is 2.39. The van der Waals surface area contributed by atoms with Gasteiger partial charge in [0.1, 0.15) is 11.2 Å². The summed E-state index contributed by atoms with van der Waals surface area (Å²) in [5.41, 5.74) is 11.1.